The van der Waals surface area contributed by atoms with E-state index in [4.69, 9.17) is 16.0 Å². The molecule has 3 rings (SSSR count). The molecule has 96 valence electrons. The Bertz CT molecular complexity index is 522. The fraction of sp³-hybridized carbons (Fsp3) is 0.417. The Balaban J connectivity index is 1.84. The number of furan rings is 1. The van der Waals surface area contributed by atoms with Gasteiger partial charge < -0.3 is 14.4 Å². The predicted molar refractivity (Wildman–Crippen MR) is 71.0 cm³/mol. The summed E-state index contributed by atoms with van der Waals surface area (Å²) in [5.74, 6) is 0.916. The highest BCUT2D eigenvalue weighted by molar-refractivity contribution is 7.16. The summed E-state index contributed by atoms with van der Waals surface area (Å²) in [5, 5.41) is 10.4. The zero-order valence-electron chi connectivity index (χ0n) is 9.67. The van der Waals surface area contributed by atoms with Crippen LogP contribution in [0.1, 0.15) is 23.5 Å². The summed E-state index contributed by atoms with van der Waals surface area (Å²) in [6, 6.07) is 4.36. The molecule has 0 amide bonds. The summed E-state index contributed by atoms with van der Waals surface area (Å²) in [6.45, 7) is 0.641. The molecule has 0 atom stereocenters. The Morgan fingerprint density at radius 1 is 1.56 bits per heavy atom. The number of rotatable bonds is 5. The summed E-state index contributed by atoms with van der Waals surface area (Å²) in [4.78, 5) is 7.25. The van der Waals surface area contributed by atoms with E-state index in [1.807, 2.05) is 12.1 Å². The molecule has 0 saturated heterocycles. The van der Waals surface area contributed by atoms with Crippen LogP contribution in [0, 0.1) is 0 Å². The normalized spacial score (nSPS) is 15.0. The first kappa shape index (κ1) is 12.0. The summed E-state index contributed by atoms with van der Waals surface area (Å²) in [6.07, 6.45) is 4.02. The Kier molecular flexibility index (Phi) is 3.28. The molecule has 1 fully saturated rings. The fourth-order valence-corrected chi connectivity index (χ4v) is 3.04. The molecule has 18 heavy (non-hydrogen) atoms. The van der Waals surface area contributed by atoms with Crippen LogP contribution >= 0.6 is 22.9 Å². The van der Waals surface area contributed by atoms with E-state index in [0.29, 0.717) is 17.7 Å². The van der Waals surface area contributed by atoms with E-state index in [1.165, 1.54) is 24.2 Å². The average molecular weight is 285 g/mol. The Morgan fingerprint density at radius 2 is 2.39 bits per heavy atom. The Morgan fingerprint density at radius 3 is 2.94 bits per heavy atom. The van der Waals surface area contributed by atoms with Gasteiger partial charge in [0.05, 0.1) is 24.3 Å². The van der Waals surface area contributed by atoms with Crippen LogP contribution in [-0.2, 0) is 13.2 Å². The van der Waals surface area contributed by atoms with Gasteiger partial charge in [-0.1, -0.05) is 22.9 Å². The molecule has 0 spiro atoms. The van der Waals surface area contributed by atoms with Crippen LogP contribution in [-0.4, -0.2) is 16.1 Å². The minimum atomic E-state index is -0.0598. The van der Waals surface area contributed by atoms with Crippen molar-refractivity contribution in [2.75, 3.05) is 4.90 Å². The number of nitrogens with zero attached hydrogens (tertiary/aromatic N) is 2. The Hall–Kier alpha value is -1.04. The molecular weight excluding hydrogens is 272 g/mol. The van der Waals surface area contributed by atoms with Crippen LogP contribution < -0.4 is 4.90 Å². The highest BCUT2D eigenvalue weighted by Gasteiger charge is 2.32. The van der Waals surface area contributed by atoms with E-state index < -0.39 is 0 Å². The van der Waals surface area contributed by atoms with Crippen molar-refractivity contribution in [3.63, 3.8) is 0 Å². The van der Waals surface area contributed by atoms with Crippen molar-refractivity contribution in [2.24, 2.45) is 0 Å². The van der Waals surface area contributed by atoms with Crippen molar-refractivity contribution in [1.82, 2.24) is 4.98 Å². The van der Waals surface area contributed by atoms with Gasteiger partial charge in [0.25, 0.3) is 0 Å². The van der Waals surface area contributed by atoms with Crippen LogP contribution in [0.4, 0.5) is 5.13 Å². The molecule has 1 aliphatic rings. The first-order valence-electron chi connectivity index (χ1n) is 5.83. The van der Waals surface area contributed by atoms with Gasteiger partial charge in [-0.2, -0.15) is 0 Å². The second-order valence-corrected chi connectivity index (χ2v) is 5.73. The maximum atomic E-state index is 9.17. The third kappa shape index (κ3) is 2.39. The summed E-state index contributed by atoms with van der Waals surface area (Å²) in [5.41, 5.74) is 0. The van der Waals surface area contributed by atoms with Crippen LogP contribution in [0.5, 0.6) is 0 Å². The lowest BCUT2D eigenvalue weighted by Gasteiger charge is -2.19. The maximum absolute atomic E-state index is 9.17. The third-order valence-corrected chi connectivity index (χ3v) is 4.42. The minimum Gasteiger partial charge on any atom is -0.467 e. The molecule has 1 saturated carbocycles. The summed E-state index contributed by atoms with van der Waals surface area (Å²) < 4.78 is 5.38. The van der Waals surface area contributed by atoms with Gasteiger partial charge in [-0.15, -0.1) is 0 Å². The lowest BCUT2D eigenvalue weighted by atomic mass is 10.4. The van der Waals surface area contributed by atoms with Gasteiger partial charge in [0.2, 0.25) is 0 Å². The van der Waals surface area contributed by atoms with Crippen molar-refractivity contribution in [2.45, 2.75) is 32.0 Å². The van der Waals surface area contributed by atoms with Gasteiger partial charge in [-0.05, 0) is 25.0 Å². The van der Waals surface area contributed by atoms with Crippen LogP contribution in [0.15, 0.2) is 22.8 Å². The monoisotopic (exact) mass is 284 g/mol. The molecule has 0 bridgehead atoms. The molecule has 2 aromatic heterocycles. The van der Waals surface area contributed by atoms with Gasteiger partial charge in [0.15, 0.2) is 5.13 Å². The number of thiazole rings is 1. The number of hydrogen-bond acceptors (Lipinski definition) is 5. The molecule has 6 heteroatoms. The molecule has 4 nitrogen and oxygen atoms in total. The van der Waals surface area contributed by atoms with Crippen LogP contribution in [0.2, 0.25) is 5.15 Å². The average Bonchev–Trinajstić information content (AvgIpc) is 2.94. The van der Waals surface area contributed by atoms with E-state index in [0.717, 1.165) is 15.8 Å². The fourth-order valence-electron chi connectivity index (χ4n) is 1.85. The van der Waals surface area contributed by atoms with Crippen molar-refractivity contribution < 1.29 is 9.52 Å². The Labute approximate surface area is 114 Å². The van der Waals surface area contributed by atoms with Crippen molar-refractivity contribution in [3.05, 3.63) is 34.2 Å². The molecule has 1 N–H and O–H groups in total. The lowest BCUT2D eigenvalue weighted by Crippen LogP contribution is -2.24. The van der Waals surface area contributed by atoms with E-state index in [2.05, 4.69) is 9.88 Å². The number of aliphatic hydroxyl groups excluding tert-OH is 1. The van der Waals surface area contributed by atoms with Gasteiger partial charge in [0, 0.05) is 6.04 Å². The molecule has 0 unspecified atom stereocenters. The van der Waals surface area contributed by atoms with Crippen molar-refractivity contribution in [1.29, 1.82) is 0 Å². The summed E-state index contributed by atoms with van der Waals surface area (Å²) >= 11 is 7.43. The zero-order valence-corrected chi connectivity index (χ0v) is 11.2. The zero-order chi connectivity index (χ0) is 12.5. The molecular formula is C12H13ClN2O2S. The quantitative estimate of drug-likeness (QED) is 0.917. The molecule has 1 aliphatic carbocycles. The number of halogens is 1. The van der Waals surface area contributed by atoms with E-state index in [9.17, 15) is 5.11 Å². The lowest BCUT2D eigenvalue weighted by molar-refractivity contribution is 0.285. The number of anilines is 1. The van der Waals surface area contributed by atoms with Crippen LogP contribution in [0.3, 0.4) is 0 Å². The number of aliphatic hydroxyl groups is 1. The molecule has 0 radical (unpaired) electrons. The molecule has 2 heterocycles. The largest absolute Gasteiger partial charge is 0.467 e. The van der Waals surface area contributed by atoms with Gasteiger partial charge in [-0.3, -0.25) is 0 Å². The topological polar surface area (TPSA) is 49.5 Å². The number of aromatic nitrogens is 1. The predicted octanol–water partition coefficient (Wildman–Crippen LogP) is 3.05. The second kappa shape index (κ2) is 4.91. The minimum absolute atomic E-state index is 0.0598. The van der Waals surface area contributed by atoms with Gasteiger partial charge >= 0.3 is 0 Å². The highest BCUT2D eigenvalue weighted by Crippen LogP contribution is 2.37. The van der Waals surface area contributed by atoms with Crippen molar-refractivity contribution in [3.8, 4) is 0 Å². The standard InChI is InChI=1S/C12H13ClN2O2S/c13-11-10(7-16)18-12(14-11)15(8-3-4-8)6-9-2-1-5-17-9/h1-2,5,8,16H,3-4,6-7H2. The number of hydrogen-bond donors (Lipinski definition) is 1. The highest BCUT2D eigenvalue weighted by atomic mass is 35.5. The molecule has 2 aromatic rings. The van der Waals surface area contributed by atoms with Gasteiger partial charge in [-0.25, -0.2) is 4.98 Å². The van der Waals surface area contributed by atoms with Crippen LogP contribution in [0.25, 0.3) is 0 Å². The smallest absolute Gasteiger partial charge is 0.187 e. The van der Waals surface area contributed by atoms with Gasteiger partial charge in [0.1, 0.15) is 10.9 Å². The van der Waals surface area contributed by atoms with E-state index in [1.54, 1.807) is 6.26 Å². The molecule has 0 aliphatic heterocycles. The van der Waals surface area contributed by atoms with Crippen molar-refractivity contribution >= 4 is 28.1 Å². The summed E-state index contributed by atoms with van der Waals surface area (Å²) in [7, 11) is 0. The first-order valence-corrected chi connectivity index (χ1v) is 7.02. The molecule has 0 aromatic carbocycles. The first-order chi connectivity index (χ1) is 8.78. The van der Waals surface area contributed by atoms with E-state index in [-0.39, 0.29) is 6.61 Å². The maximum Gasteiger partial charge on any atom is 0.187 e. The van der Waals surface area contributed by atoms with E-state index >= 15 is 0 Å². The second-order valence-electron chi connectivity index (χ2n) is 4.31. The third-order valence-electron chi connectivity index (χ3n) is 2.92. The SMILES string of the molecule is OCc1sc(N(Cc2ccco2)C2CC2)nc1Cl.